The molecule has 1 atom stereocenters. The van der Waals surface area contributed by atoms with E-state index >= 15 is 0 Å². The first-order valence-corrected chi connectivity index (χ1v) is 6.30. The van der Waals surface area contributed by atoms with Gasteiger partial charge in [0.25, 0.3) is 5.69 Å². The fourth-order valence-corrected chi connectivity index (χ4v) is 2.11. The zero-order chi connectivity index (χ0) is 13.8. The molecule has 7 nitrogen and oxygen atoms in total. The van der Waals surface area contributed by atoms with E-state index in [0.717, 1.165) is 13.0 Å². The molecule has 0 spiro atoms. The third-order valence-electron chi connectivity index (χ3n) is 3.22. The van der Waals surface area contributed by atoms with Gasteiger partial charge in [-0.3, -0.25) is 19.8 Å². The molecule has 0 amide bonds. The van der Waals surface area contributed by atoms with Gasteiger partial charge in [0.05, 0.1) is 36.1 Å². The van der Waals surface area contributed by atoms with Crippen LogP contribution in [-0.2, 0) is 4.74 Å². The molecule has 1 unspecified atom stereocenters. The Hall–Kier alpha value is -1.73. The second kappa shape index (κ2) is 5.94. The predicted octanol–water partition coefficient (Wildman–Crippen LogP) is 1.22. The summed E-state index contributed by atoms with van der Waals surface area (Å²) in [6, 6.07) is 1.28. The first-order valence-electron chi connectivity index (χ1n) is 6.30. The van der Waals surface area contributed by atoms with Crippen molar-refractivity contribution in [2.75, 3.05) is 26.2 Å². The number of rotatable bonds is 5. The third-order valence-corrected chi connectivity index (χ3v) is 3.22. The van der Waals surface area contributed by atoms with Crippen molar-refractivity contribution in [2.24, 2.45) is 0 Å². The number of aromatic amines is 1. The van der Waals surface area contributed by atoms with Crippen LogP contribution < -0.4 is 0 Å². The summed E-state index contributed by atoms with van der Waals surface area (Å²) < 4.78 is 5.53. The van der Waals surface area contributed by atoms with Crippen molar-refractivity contribution in [2.45, 2.75) is 19.4 Å². The first-order chi connectivity index (χ1) is 9.10. The molecule has 1 aliphatic heterocycles. The third kappa shape index (κ3) is 3.39. The van der Waals surface area contributed by atoms with Crippen molar-refractivity contribution in [1.82, 2.24) is 9.88 Å². The summed E-state index contributed by atoms with van der Waals surface area (Å²) in [4.78, 5) is 26.7. The summed E-state index contributed by atoms with van der Waals surface area (Å²) in [7, 11) is 0. The topological polar surface area (TPSA) is 88.5 Å². The van der Waals surface area contributed by atoms with Crippen molar-refractivity contribution < 1.29 is 14.5 Å². The SMILES string of the molecule is CCC1CN(CC(=O)c2cc([N+](=O)[O-])c[nH]2)CCO1. The minimum absolute atomic E-state index is 0.0863. The van der Waals surface area contributed by atoms with Crippen LogP contribution in [0.15, 0.2) is 12.3 Å². The second-order valence-electron chi connectivity index (χ2n) is 4.59. The molecule has 104 valence electrons. The van der Waals surface area contributed by atoms with E-state index in [1.54, 1.807) is 0 Å². The van der Waals surface area contributed by atoms with Crippen LogP contribution >= 0.6 is 0 Å². The van der Waals surface area contributed by atoms with Crippen molar-refractivity contribution >= 4 is 11.5 Å². The lowest BCUT2D eigenvalue weighted by molar-refractivity contribution is -0.384. The maximum absolute atomic E-state index is 12.0. The van der Waals surface area contributed by atoms with Crippen LogP contribution in [0.25, 0.3) is 0 Å². The second-order valence-corrected chi connectivity index (χ2v) is 4.59. The van der Waals surface area contributed by atoms with Gasteiger partial charge in [-0.05, 0) is 6.42 Å². The van der Waals surface area contributed by atoms with Crippen LogP contribution in [-0.4, -0.2) is 52.9 Å². The van der Waals surface area contributed by atoms with Gasteiger partial charge in [0.2, 0.25) is 0 Å². The van der Waals surface area contributed by atoms with Crippen molar-refractivity contribution in [3.05, 3.63) is 28.1 Å². The Balaban J connectivity index is 1.94. The van der Waals surface area contributed by atoms with Crippen LogP contribution in [0.4, 0.5) is 5.69 Å². The number of nitrogens with one attached hydrogen (secondary N) is 1. The molecule has 1 aromatic heterocycles. The average molecular weight is 267 g/mol. The number of Topliss-reactive ketones (excluding diaryl/α,β-unsaturated/α-hetero) is 1. The number of carbonyl (C=O) groups is 1. The van der Waals surface area contributed by atoms with Gasteiger partial charge in [-0.2, -0.15) is 0 Å². The van der Waals surface area contributed by atoms with Gasteiger partial charge in [0.15, 0.2) is 5.78 Å². The van der Waals surface area contributed by atoms with E-state index in [9.17, 15) is 14.9 Å². The monoisotopic (exact) mass is 267 g/mol. The summed E-state index contributed by atoms with van der Waals surface area (Å²) in [5.41, 5.74) is 0.197. The van der Waals surface area contributed by atoms with E-state index in [2.05, 4.69) is 4.98 Å². The summed E-state index contributed by atoms with van der Waals surface area (Å²) in [6.45, 7) is 4.37. The molecule has 7 heteroatoms. The number of hydrogen-bond donors (Lipinski definition) is 1. The summed E-state index contributed by atoms with van der Waals surface area (Å²) >= 11 is 0. The average Bonchev–Trinajstić information content (AvgIpc) is 2.89. The largest absolute Gasteiger partial charge is 0.376 e. The molecule has 1 saturated heterocycles. The smallest absolute Gasteiger partial charge is 0.287 e. The van der Waals surface area contributed by atoms with E-state index in [0.29, 0.717) is 13.2 Å². The molecule has 1 N–H and O–H groups in total. The molecule has 19 heavy (non-hydrogen) atoms. The molecule has 0 aromatic carbocycles. The van der Waals surface area contributed by atoms with Gasteiger partial charge in [0, 0.05) is 19.2 Å². The fourth-order valence-electron chi connectivity index (χ4n) is 2.11. The standard InChI is InChI=1S/C12H17N3O4/c1-2-10-7-14(3-4-19-10)8-12(16)11-5-9(6-13-11)15(17)18/h5-6,10,13H,2-4,7-8H2,1H3. The van der Waals surface area contributed by atoms with Crippen molar-refractivity contribution in [3.63, 3.8) is 0 Å². The highest BCUT2D eigenvalue weighted by Gasteiger charge is 2.22. The highest BCUT2D eigenvalue weighted by atomic mass is 16.6. The number of ether oxygens (including phenoxy) is 1. The Morgan fingerprint density at radius 1 is 1.68 bits per heavy atom. The highest BCUT2D eigenvalue weighted by Crippen LogP contribution is 2.14. The lowest BCUT2D eigenvalue weighted by Crippen LogP contribution is -2.44. The highest BCUT2D eigenvalue weighted by molar-refractivity contribution is 5.96. The number of nitrogens with zero attached hydrogens (tertiary/aromatic N) is 2. The molecule has 1 fully saturated rings. The Morgan fingerprint density at radius 2 is 2.47 bits per heavy atom. The van der Waals surface area contributed by atoms with Gasteiger partial charge < -0.3 is 9.72 Å². The maximum Gasteiger partial charge on any atom is 0.287 e. The fraction of sp³-hybridized carbons (Fsp3) is 0.583. The van der Waals surface area contributed by atoms with E-state index in [1.165, 1.54) is 12.3 Å². The van der Waals surface area contributed by atoms with Crippen molar-refractivity contribution in [3.8, 4) is 0 Å². The lowest BCUT2D eigenvalue weighted by Gasteiger charge is -2.31. The molecule has 1 aliphatic rings. The number of nitro groups is 1. The molecule has 1 aromatic rings. The zero-order valence-corrected chi connectivity index (χ0v) is 10.8. The Kier molecular flexibility index (Phi) is 4.28. The Bertz CT molecular complexity index is 471. The van der Waals surface area contributed by atoms with Gasteiger partial charge in [-0.25, -0.2) is 0 Å². The quantitative estimate of drug-likeness (QED) is 0.492. The number of hydrogen-bond acceptors (Lipinski definition) is 5. The Labute approximate surface area is 110 Å². The summed E-state index contributed by atoms with van der Waals surface area (Å²) in [5, 5.41) is 10.6. The molecule has 0 saturated carbocycles. The minimum atomic E-state index is -0.519. The molecular formula is C12H17N3O4. The van der Waals surface area contributed by atoms with Gasteiger partial charge in [-0.15, -0.1) is 0 Å². The minimum Gasteiger partial charge on any atom is -0.376 e. The van der Waals surface area contributed by atoms with Gasteiger partial charge in [-0.1, -0.05) is 6.92 Å². The number of morpholine rings is 1. The number of carbonyl (C=O) groups excluding carboxylic acids is 1. The number of ketones is 1. The van der Waals surface area contributed by atoms with E-state index in [4.69, 9.17) is 4.74 Å². The van der Waals surface area contributed by atoms with E-state index in [-0.39, 0.29) is 29.8 Å². The molecule has 2 heterocycles. The lowest BCUT2D eigenvalue weighted by atomic mass is 10.2. The molecule has 2 rings (SSSR count). The predicted molar refractivity (Wildman–Crippen MR) is 68.2 cm³/mol. The van der Waals surface area contributed by atoms with Crippen LogP contribution in [0.1, 0.15) is 23.8 Å². The van der Waals surface area contributed by atoms with Crippen molar-refractivity contribution in [1.29, 1.82) is 0 Å². The number of aromatic nitrogens is 1. The zero-order valence-electron chi connectivity index (χ0n) is 10.8. The van der Waals surface area contributed by atoms with E-state index in [1.807, 2.05) is 11.8 Å². The molecule has 0 radical (unpaired) electrons. The molecular weight excluding hydrogens is 250 g/mol. The van der Waals surface area contributed by atoms with Crippen LogP contribution in [0.5, 0.6) is 0 Å². The summed E-state index contributed by atoms with van der Waals surface area (Å²) in [6.07, 6.45) is 2.32. The normalized spacial score (nSPS) is 20.4. The van der Waals surface area contributed by atoms with E-state index < -0.39 is 4.92 Å². The van der Waals surface area contributed by atoms with Crippen LogP contribution in [0, 0.1) is 10.1 Å². The van der Waals surface area contributed by atoms with Crippen LogP contribution in [0.3, 0.4) is 0 Å². The number of H-pyrrole nitrogens is 1. The molecule has 0 aliphatic carbocycles. The summed E-state index contributed by atoms with van der Waals surface area (Å²) in [5.74, 6) is -0.134. The van der Waals surface area contributed by atoms with Crippen LogP contribution in [0.2, 0.25) is 0 Å². The molecule has 0 bridgehead atoms. The van der Waals surface area contributed by atoms with Gasteiger partial charge in [0.1, 0.15) is 0 Å². The maximum atomic E-state index is 12.0. The van der Waals surface area contributed by atoms with Gasteiger partial charge >= 0.3 is 0 Å². The first kappa shape index (κ1) is 13.7. The Morgan fingerprint density at radius 3 is 3.11 bits per heavy atom.